The summed E-state index contributed by atoms with van der Waals surface area (Å²) in [5, 5.41) is 8.37. The molecule has 5 heteroatoms. The molecule has 4 nitrogen and oxygen atoms in total. The van der Waals surface area contributed by atoms with Crippen molar-refractivity contribution >= 4 is 22.4 Å². The SMILES string of the molecule is CNCCCC(=O)Nc1nc(C)cs1. The molecule has 78 valence electrons. The lowest BCUT2D eigenvalue weighted by Gasteiger charge is -2.00. The molecule has 0 aromatic carbocycles. The minimum absolute atomic E-state index is 0.0367. The van der Waals surface area contributed by atoms with Gasteiger partial charge in [0, 0.05) is 11.8 Å². The predicted octanol–water partition coefficient (Wildman–Crippen LogP) is 1.39. The Hall–Kier alpha value is -0.940. The number of carbonyl (C=O) groups is 1. The Morgan fingerprint density at radius 3 is 3.00 bits per heavy atom. The third-order valence-electron chi connectivity index (χ3n) is 1.70. The molecule has 0 aliphatic carbocycles. The summed E-state index contributed by atoms with van der Waals surface area (Å²) in [7, 11) is 1.88. The number of carbonyl (C=O) groups excluding carboxylic acids is 1. The molecule has 0 spiro atoms. The summed E-state index contributed by atoms with van der Waals surface area (Å²) in [6.07, 6.45) is 1.39. The maximum atomic E-state index is 11.3. The van der Waals surface area contributed by atoms with E-state index in [-0.39, 0.29) is 5.91 Å². The van der Waals surface area contributed by atoms with Gasteiger partial charge in [0.05, 0.1) is 5.69 Å². The molecule has 1 amide bonds. The molecule has 1 heterocycles. The highest BCUT2D eigenvalue weighted by molar-refractivity contribution is 7.13. The number of aryl methyl sites for hydroxylation is 1. The Kier molecular flexibility index (Phi) is 4.55. The summed E-state index contributed by atoms with van der Waals surface area (Å²) in [6.45, 7) is 2.78. The quantitative estimate of drug-likeness (QED) is 0.727. The Labute approximate surface area is 87.7 Å². The molecule has 0 aliphatic heterocycles. The summed E-state index contributed by atoms with van der Waals surface area (Å²) in [6, 6.07) is 0. The zero-order valence-corrected chi connectivity index (χ0v) is 9.28. The van der Waals surface area contributed by atoms with Gasteiger partial charge in [-0.15, -0.1) is 11.3 Å². The number of nitrogens with one attached hydrogen (secondary N) is 2. The second kappa shape index (κ2) is 5.72. The van der Waals surface area contributed by atoms with Gasteiger partial charge in [-0.3, -0.25) is 4.79 Å². The topological polar surface area (TPSA) is 54.0 Å². The molecule has 0 fully saturated rings. The maximum Gasteiger partial charge on any atom is 0.226 e. The van der Waals surface area contributed by atoms with Crippen LogP contribution in [0, 0.1) is 6.92 Å². The fourth-order valence-electron chi connectivity index (χ4n) is 1.02. The maximum absolute atomic E-state index is 11.3. The van der Waals surface area contributed by atoms with E-state index in [9.17, 15) is 4.79 Å². The molecule has 0 bridgehead atoms. The number of hydrogen-bond acceptors (Lipinski definition) is 4. The van der Waals surface area contributed by atoms with Crippen LogP contribution >= 0.6 is 11.3 Å². The van der Waals surface area contributed by atoms with Crippen molar-refractivity contribution < 1.29 is 4.79 Å². The van der Waals surface area contributed by atoms with Gasteiger partial charge < -0.3 is 10.6 Å². The van der Waals surface area contributed by atoms with E-state index < -0.39 is 0 Å². The Morgan fingerprint density at radius 1 is 1.64 bits per heavy atom. The number of anilines is 1. The molecule has 0 radical (unpaired) electrons. The number of rotatable bonds is 5. The summed E-state index contributed by atoms with van der Waals surface area (Å²) in [4.78, 5) is 15.5. The number of nitrogens with zero attached hydrogens (tertiary/aromatic N) is 1. The van der Waals surface area contributed by atoms with Crippen LogP contribution in [0.4, 0.5) is 5.13 Å². The summed E-state index contributed by atoms with van der Waals surface area (Å²) < 4.78 is 0. The lowest BCUT2D eigenvalue weighted by molar-refractivity contribution is -0.116. The highest BCUT2D eigenvalue weighted by atomic mass is 32.1. The van der Waals surface area contributed by atoms with E-state index in [1.54, 1.807) is 0 Å². The standard InChI is InChI=1S/C9H15N3OS/c1-7-6-14-9(11-7)12-8(13)4-3-5-10-2/h6,10H,3-5H2,1-2H3,(H,11,12,13). The molecular weight excluding hydrogens is 198 g/mol. The first kappa shape index (κ1) is 11.1. The van der Waals surface area contributed by atoms with Crippen LogP contribution in [0.5, 0.6) is 0 Å². The van der Waals surface area contributed by atoms with Crippen molar-refractivity contribution in [1.29, 1.82) is 0 Å². The van der Waals surface area contributed by atoms with Gasteiger partial charge in [0.1, 0.15) is 0 Å². The number of amides is 1. The molecule has 0 atom stereocenters. The number of aromatic nitrogens is 1. The number of thiazole rings is 1. The average molecular weight is 213 g/mol. The second-order valence-electron chi connectivity index (χ2n) is 3.05. The van der Waals surface area contributed by atoms with Gasteiger partial charge in [0.25, 0.3) is 0 Å². The highest BCUT2D eigenvalue weighted by Gasteiger charge is 2.04. The van der Waals surface area contributed by atoms with Crippen LogP contribution < -0.4 is 10.6 Å². The second-order valence-corrected chi connectivity index (χ2v) is 3.91. The minimum Gasteiger partial charge on any atom is -0.320 e. The van der Waals surface area contributed by atoms with Gasteiger partial charge in [0.15, 0.2) is 5.13 Å². The largest absolute Gasteiger partial charge is 0.320 e. The molecule has 1 aromatic heterocycles. The first-order chi connectivity index (χ1) is 6.72. The van der Waals surface area contributed by atoms with E-state index in [1.807, 2.05) is 19.4 Å². The monoisotopic (exact) mass is 213 g/mol. The zero-order valence-electron chi connectivity index (χ0n) is 8.46. The van der Waals surface area contributed by atoms with Crippen LogP contribution in [0.25, 0.3) is 0 Å². The Bertz CT molecular complexity index is 298. The molecule has 0 saturated heterocycles. The van der Waals surface area contributed by atoms with E-state index in [2.05, 4.69) is 15.6 Å². The lowest BCUT2D eigenvalue weighted by Crippen LogP contribution is -2.15. The van der Waals surface area contributed by atoms with Crippen LogP contribution in [0.3, 0.4) is 0 Å². The van der Waals surface area contributed by atoms with E-state index in [1.165, 1.54) is 11.3 Å². The molecular formula is C9H15N3OS. The van der Waals surface area contributed by atoms with Gasteiger partial charge in [-0.1, -0.05) is 0 Å². The van der Waals surface area contributed by atoms with E-state index in [0.29, 0.717) is 11.6 Å². The van der Waals surface area contributed by atoms with Crippen LogP contribution in [-0.2, 0) is 4.79 Å². The smallest absolute Gasteiger partial charge is 0.226 e. The van der Waals surface area contributed by atoms with E-state index >= 15 is 0 Å². The van der Waals surface area contributed by atoms with E-state index in [4.69, 9.17) is 0 Å². The normalized spacial score (nSPS) is 10.1. The third-order valence-corrected chi connectivity index (χ3v) is 2.57. The lowest BCUT2D eigenvalue weighted by atomic mass is 10.3. The Balaban J connectivity index is 2.27. The van der Waals surface area contributed by atoms with Crippen LogP contribution in [0.2, 0.25) is 0 Å². The van der Waals surface area contributed by atoms with Crippen molar-refractivity contribution in [2.45, 2.75) is 19.8 Å². The molecule has 0 aliphatic rings. The molecule has 14 heavy (non-hydrogen) atoms. The van der Waals surface area contributed by atoms with Crippen LogP contribution in [0.15, 0.2) is 5.38 Å². The van der Waals surface area contributed by atoms with E-state index in [0.717, 1.165) is 18.7 Å². The zero-order chi connectivity index (χ0) is 10.4. The fraction of sp³-hybridized carbons (Fsp3) is 0.556. The van der Waals surface area contributed by atoms with Gasteiger partial charge >= 0.3 is 0 Å². The van der Waals surface area contributed by atoms with Crippen molar-refractivity contribution in [2.24, 2.45) is 0 Å². The molecule has 2 N–H and O–H groups in total. The minimum atomic E-state index is 0.0367. The first-order valence-corrected chi connectivity index (χ1v) is 5.47. The van der Waals surface area contributed by atoms with Crippen molar-refractivity contribution in [1.82, 2.24) is 10.3 Å². The first-order valence-electron chi connectivity index (χ1n) is 4.59. The van der Waals surface area contributed by atoms with Crippen molar-refractivity contribution in [3.05, 3.63) is 11.1 Å². The van der Waals surface area contributed by atoms with Crippen molar-refractivity contribution in [3.63, 3.8) is 0 Å². The highest BCUT2D eigenvalue weighted by Crippen LogP contribution is 2.14. The summed E-state index contributed by atoms with van der Waals surface area (Å²) in [5.41, 5.74) is 0.945. The van der Waals surface area contributed by atoms with Crippen molar-refractivity contribution in [3.8, 4) is 0 Å². The average Bonchev–Trinajstić information content (AvgIpc) is 2.52. The fourth-order valence-corrected chi connectivity index (χ4v) is 1.72. The van der Waals surface area contributed by atoms with Gasteiger partial charge in [-0.05, 0) is 26.9 Å². The molecule has 0 saturated carbocycles. The van der Waals surface area contributed by atoms with Crippen LogP contribution in [0.1, 0.15) is 18.5 Å². The van der Waals surface area contributed by atoms with Gasteiger partial charge in [-0.2, -0.15) is 0 Å². The summed E-state index contributed by atoms with van der Waals surface area (Å²) >= 11 is 1.46. The van der Waals surface area contributed by atoms with Gasteiger partial charge in [-0.25, -0.2) is 4.98 Å². The van der Waals surface area contributed by atoms with Gasteiger partial charge in [0.2, 0.25) is 5.91 Å². The van der Waals surface area contributed by atoms with Crippen molar-refractivity contribution in [2.75, 3.05) is 18.9 Å². The predicted molar refractivity (Wildman–Crippen MR) is 58.6 cm³/mol. The number of hydrogen-bond donors (Lipinski definition) is 2. The third kappa shape index (κ3) is 3.85. The molecule has 1 aromatic rings. The molecule has 0 unspecified atom stereocenters. The summed E-state index contributed by atoms with van der Waals surface area (Å²) in [5.74, 6) is 0.0367. The van der Waals surface area contributed by atoms with Crippen LogP contribution in [-0.4, -0.2) is 24.5 Å². The molecule has 1 rings (SSSR count). The Morgan fingerprint density at radius 2 is 2.43 bits per heavy atom.